The summed E-state index contributed by atoms with van der Waals surface area (Å²) >= 11 is 0. The Kier molecular flexibility index (Phi) is 6.20. The van der Waals surface area contributed by atoms with Crippen LogP contribution in [-0.4, -0.2) is 38.4 Å². The number of carbonyl (C=O) groups excluding carboxylic acids is 1. The highest BCUT2D eigenvalue weighted by molar-refractivity contribution is 7.90. The van der Waals surface area contributed by atoms with Gasteiger partial charge in [0.2, 0.25) is 0 Å². The molecule has 2 unspecified atom stereocenters. The zero-order valence-electron chi connectivity index (χ0n) is 17.3. The van der Waals surface area contributed by atoms with Crippen molar-refractivity contribution in [2.75, 3.05) is 13.1 Å². The zero-order valence-corrected chi connectivity index (χ0v) is 18.2. The van der Waals surface area contributed by atoms with E-state index < -0.39 is 9.84 Å². The van der Waals surface area contributed by atoms with Gasteiger partial charge in [-0.25, -0.2) is 8.42 Å². The van der Waals surface area contributed by atoms with Crippen molar-refractivity contribution in [1.29, 1.82) is 0 Å². The number of hydrogen-bond acceptors (Lipinski definition) is 4. The molecule has 0 bridgehead atoms. The molecular weight excluding hydrogens is 410 g/mol. The summed E-state index contributed by atoms with van der Waals surface area (Å²) in [6.07, 6.45) is -0.278. The third-order valence-corrected chi connectivity index (χ3v) is 7.06. The second kappa shape index (κ2) is 9.04. The monoisotopic (exact) mass is 435 g/mol. The Morgan fingerprint density at radius 1 is 0.935 bits per heavy atom. The van der Waals surface area contributed by atoms with Crippen molar-refractivity contribution in [3.8, 4) is 0 Å². The third kappa shape index (κ3) is 5.03. The smallest absolute Gasteiger partial charge is 0.254 e. The molecule has 1 amide bonds. The van der Waals surface area contributed by atoms with Crippen molar-refractivity contribution >= 4 is 15.7 Å². The lowest BCUT2D eigenvalue weighted by Gasteiger charge is -2.37. The molecule has 3 aromatic carbocycles. The highest BCUT2D eigenvalue weighted by Crippen LogP contribution is 2.26. The van der Waals surface area contributed by atoms with Gasteiger partial charge in [0.15, 0.2) is 9.84 Å². The number of hydrogen-bond donors (Lipinski definition) is 0. The molecule has 1 aliphatic heterocycles. The van der Waals surface area contributed by atoms with Crippen molar-refractivity contribution < 1.29 is 17.9 Å². The third-order valence-electron chi connectivity index (χ3n) is 5.35. The first-order valence-electron chi connectivity index (χ1n) is 10.3. The minimum Gasteiger partial charge on any atom is -0.367 e. The van der Waals surface area contributed by atoms with Crippen LogP contribution in [0.2, 0.25) is 0 Å². The number of amides is 1. The molecule has 1 fully saturated rings. The van der Waals surface area contributed by atoms with Gasteiger partial charge in [-0.3, -0.25) is 4.79 Å². The summed E-state index contributed by atoms with van der Waals surface area (Å²) in [5.74, 6) is -0.264. The molecule has 1 saturated heterocycles. The summed E-state index contributed by atoms with van der Waals surface area (Å²) in [5.41, 5.74) is 2.12. The average Bonchev–Trinajstić information content (AvgIpc) is 2.79. The van der Waals surface area contributed by atoms with Crippen LogP contribution >= 0.6 is 0 Å². The Morgan fingerprint density at radius 2 is 1.61 bits per heavy atom. The van der Waals surface area contributed by atoms with Gasteiger partial charge in [-0.2, -0.15) is 0 Å². The maximum Gasteiger partial charge on any atom is 0.254 e. The van der Waals surface area contributed by atoms with Crippen LogP contribution in [0.3, 0.4) is 0 Å². The molecule has 5 nitrogen and oxygen atoms in total. The van der Waals surface area contributed by atoms with Gasteiger partial charge >= 0.3 is 0 Å². The Balaban J connectivity index is 1.52. The molecule has 6 heteroatoms. The molecule has 2 atom stereocenters. The van der Waals surface area contributed by atoms with Crippen molar-refractivity contribution in [2.24, 2.45) is 0 Å². The van der Waals surface area contributed by atoms with Crippen LogP contribution in [0.5, 0.6) is 0 Å². The maximum absolute atomic E-state index is 13.2. The number of benzene rings is 3. The lowest BCUT2D eigenvalue weighted by atomic mass is 10.0. The second-order valence-electron chi connectivity index (χ2n) is 7.83. The second-order valence-corrected chi connectivity index (χ2v) is 9.82. The van der Waals surface area contributed by atoms with E-state index >= 15 is 0 Å². The predicted octanol–water partition coefficient (Wildman–Crippen LogP) is 4.26. The number of morpholine rings is 1. The summed E-state index contributed by atoms with van der Waals surface area (Å²) in [5, 5.41) is 0. The Hall–Kier alpha value is -2.96. The number of ether oxygens (including phenoxy) is 1. The number of nitrogens with zero attached hydrogens (tertiary/aromatic N) is 1. The Labute approximate surface area is 183 Å². The van der Waals surface area contributed by atoms with Crippen LogP contribution in [0.4, 0.5) is 0 Å². The molecule has 0 saturated carbocycles. The van der Waals surface area contributed by atoms with Gasteiger partial charge in [0.1, 0.15) is 6.10 Å². The first-order chi connectivity index (χ1) is 14.9. The fourth-order valence-electron chi connectivity index (χ4n) is 3.88. The number of carbonyl (C=O) groups is 1. The zero-order chi connectivity index (χ0) is 21.8. The molecule has 160 valence electrons. The van der Waals surface area contributed by atoms with E-state index in [1.54, 1.807) is 59.5 Å². The van der Waals surface area contributed by atoms with Crippen molar-refractivity contribution in [1.82, 2.24) is 4.90 Å². The van der Waals surface area contributed by atoms with E-state index in [0.29, 0.717) is 24.2 Å². The Bertz CT molecular complexity index is 1150. The number of sulfone groups is 1. The van der Waals surface area contributed by atoms with Crippen molar-refractivity contribution in [2.45, 2.75) is 29.8 Å². The van der Waals surface area contributed by atoms with Gasteiger partial charge in [0.25, 0.3) is 5.91 Å². The van der Waals surface area contributed by atoms with Crippen molar-refractivity contribution in [3.63, 3.8) is 0 Å². The first kappa shape index (κ1) is 21.3. The highest BCUT2D eigenvalue weighted by atomic mass is 32.2. The molecule has 31 heavy (non-hydrogen) atoms. The Morgan fingerprint density at radius 3 is 2.32 bits per heavy atom. The van der Waals surface area contributed by atoms with E-state index in [1.165, 1.54) is 0 Å². The molecule has 3 aromatic rings. The van der Waals surface area contributed by atoms with Crippen LogP contribution in [0.1, 0.15) is 34.5 Å². The SMILES string of the molecule is CC1CN(C(=O)c2cccc(CS(=O)(=O)c3ccccc3)c2)CC(c2ccccc2)O1. The van der Waals surface area contributed by atoms with E-state index in [4.69, 9.17) is 4.74 Å². The molecule has 4 rings (SSSR count). The van der Waals surface area contributed by atoms with Gasteiger partial charge in [0.05, 0.1) is 23.3 Å². The lowest BCUT2D eigenvalue weighted by molar-refractivity contribution is -0.0691. The summed E-state index contributed by atoms with van der Waals surface area (Å²) in [7, 11) is -3.48. The molecular formula is C25H25NO4S. The summed E-state index contributed by atoms with van der Waals surface area (Å²) in [6.45, 7) is 2.91. The minimum absolute atomic E-state index is 0.0930. The van der Waals surface area contributed by atoms with Crippen LogP contribution in [0.15, 0.2) is 89.8 Å². The van der Waals surface area contributed by atoms with Crippen LogP contribution < -0.4 is 0 Å². The van der Waals surface area contributed by atoms with E-state index in [-0.39, 0.29) is 28.8 Å². The summed E-state index contributed by atoms with van der Waals surface area (Å²) in [4.78, 5) is 15.3. The van der Waals surface area contributed by atoms with E-state index in [0.717, 1.165) is 5.56 Å². The normalized spacial score (nSPS) is 19.2. The minimum atomic E-state index is -3.48. The van der Waals surface area contributed by atoms with E-state index in [2.05, 4.69) is 0 Å². The molecule has 0 N–H and O–H groups in total. The fourth-order valence-corrected chi connectivity index (χ4v) is 5.23. The molecule has 0 spiro atoms. The largest absolute Gasteiger partial charge is 0.367 e. The standard InChI is InChI=1S/C25H25NO4S/c1-19-16-26(17-24(30-19)21-10-4-2-5-11-21)25(27)22-12-8-9-20(15-22)18-31(28,29)23-13-6-3-7-14-23/h2-15,19,24H,16-18H2,1H3. The van der Waals surface area contributed by atoms with Crippen molar-refractivity contribution in [3.05, 3.63) is 102 Å². The summed E-state index contributed by atoms with van der Waals surface area (Å²) in [6, 6.07) is 25.1. The average molecular weight is 436 g/mol. The topological polar surface area (TPSA) is 63.7 Å². The quantitative estimate of drug-likeness (QED) is 0.601. The fraction of sp³-hybridized carbons (Fsp3) is 0.240. The van der Waals surface area contributed by atoms with Gasteiger partial charge in [-0.05, 0) is 42.3 Å². The van der Waals surface area contributed by atoms with E-state index in [1.807, 2.05) is 37.3 Å². The van der Waals surface area contributed by atoms with Gasteiger partial charge in [-0.1, -0.05) is 60.7 Å². The molecule has 0 aromatic heterocycles. The predicted molar refractivity (Wildman–Crippen MR) is 119 cm³/mol. The molecule has 0 radical (unpaired) electrons. The van der Waals surface area contributed by atoms with Crippen LogP contribution in [0.25, 0.3) is 0 Å². The van der Waals surface area contributed by atoms with Crippen LogP contribution in [0, 0.1) is 0 Å². The molecule has 0 aliphatic carbocycles. The highest BCUT2D eigenvalue weighted by Gasteiger charge is 2.30. The summed E-state index contributed by atoms with van der Waals surface area (Å²) < 4.78 is 31.5. The van der Waals surface area contributed by atoms with Crippen LogP contribution in [-0.2, 0) is 20.3 Å². The first-order valence-corrected chi connectivity index (χ1v) is 11.9. The molecule has 1 aliphatic rings. The van der Waals surface area contributed by atoms with Gasteiger partial charge < -0.3 is 9.64 Å². The van der Waals surface area contributed by atoms with Gasteiger partial charge in [-0.15, -0.1) is 0 Å². The lowest BCUT2D eigenvalue weighted by Crippen LogP contribution is -2.46. The van der Waals surface area contributed by atoms with E-state index in [9.17, 15) is 13.2 Å². The maximum atomic E-state index is 13.2. The molecule has 1 heterocycles. The van der Waals surface area contributed by atoms with Gasteiger partial charge in [0, 0.05) is 12.1 Å². The number of rotatable bonds is 5.